The molecule has 4 nitrogen and oxygen atoms in total. The third-order valence-electron chi connectivity index (χ3n) is 3.94. The summed E-state index contributed by atoms with van der Waals surface area (Å²) < 4.78 is 2.25. The number of rotatable bonds is 7. The Bertz CT molecular complexity index is 355. The number of aryl methyl sites for hydroxylation is 1. The smallest absolute Gasteiger partial charge is 0.122 e. The van der Waals surface area contributed by atoms with E-state index < -0.39 is 0 Å². The summed E-state index contributed by atoms with van der Waals surface area (Å²) >= 11 is 0. The summed E-state index contributed by atoms with van der Waals surface area (Å²) in [5.41, 5.74) is 0. The van der Waals surface area contributed by atoms with E-state index >= 15 is 0 Å². The minimum Gasteiger partial charge on any atom is -0.334 e. The van der Waals surface area contributed by atoms with Gasteiger partial charge in [0.15, 0.2) is 0 Å². The molecule has 2 heterocycles. The van der Waals surface area contributed by atoms with Crippen molar-refractivity contribution in [3.8, 4) is 0 Å². The third-order valence-corrected chi connectivity index (χ3v) is 3.94. The highest BCUT2D eigenvalue weighted by molar-refractivity contribution is 4.92. The maximum absolute atomic E-state index is 4.50. The fourth-order valence-corrected chi connectivity index (χ4v) is 2.92. The zero-order valence-corrected chi connectivity index (χ0v) is 12.4. The van der Waals surface area contributed by atoms with Gasteiger partial charge in [-0.1, -0.05) is 13.3 Å². The molecule has 0 aliphatic carbocycles. The number of hydrogen-bond donors (Lipinski definition) is 1. The van der Waals surface area contributed by atoms with Crippen molar-refractivity contribution in [2.45, 2.75) is 58.7 Å². The monoisotopic (exact) mass is 264 g/mol. The zero-order valence-electron chi connectivity index (χ0n) is 12.4. The molecule has 1 aromatic heterocycles. The number of hydrogen-bond acceptors (Lipinski definition) is 3. The summed E-state index contributed by atoms with van der Waals surface area (Å²) in [6.07, 6.45) is 9.24. The fourth-order valence-electron chi connectivity index (χ4n) is 2.92. The lowest BCUT2D eigenvalue weighted by Crippen LogP contribution is -2.43. The largest absolute Gasteiger partial charge is 0.334 e. The Morgan fingerprint density at radius 1 is 1.42 bits per heavy atom. The first-order valence-electron chi connectivity index (χ1n) is 7.79. The molecule has 108 valence electrons. The van der Waals surface area contributed by atoms with Crippen LogP contribution in [0.15, 0.2) is 12.4 Å². The van der Waals surface area contributed by atoms with Gasteiger partial charge in [0.1, 0.15) is 5.82 Å². The van der Waals surface area contributed by atoms with Gasteiger partial charge < -0.3 is 9.88 Å². The molecular formula is C15H28N4. The van der Waals surface area contributed by atoms with Gasteiger partial charge in [-0.2, -0.15) is 0 Å². The standard InChI is InChI=1S/C15H28N4/c1-3-10-18(12-14-7-5-6-8-16-14)13-15-17-9-11-19(15)4-2/h9,11,14,16H,3-8,10,12-13H2,1-2H3. The second-order valence-electron chi connectivity index (χ2n) is 5.51. The van der Waals surface area contributed by atoms with E-state index in [-0.39, 0.29) is 0 Å². The first-order valence-corrected chi connectivity index (χ1v) is 7.79. The van der Waals surface area contributed by atoms with Crippen LogP contribution in [0.4, 0.5) is 0 Å². The minimum absolute atomic E-state index is 0.672. The summed E-state index contributed by atoms with van der Waals surface area (Å²) in [5.74, 6) is 1.20. The van der Waals surface area contributed by atoms with Crippen molar-refractivity contribution < 1.29 is 0 Å². The Kier molecular flexibility index (Phi) is 5.86. The predicted molar refractivity (Wildman–Crippen MR) is 79.1 cm³/mol. The van der Waals surface area contributed by atoms with Gasteiger partial charge in [-0.3, -0.25) is 4.90 Å². The second kappa shape index (κ2) is 7.65. The SMILES string of the molecule is CCCN(Cc1nccn1CC)CC1CCCCN1. The van der Waals surface area contributed by atoms with Gasteiger partial charge in [0.05, 0.1) is 6.54 Å². The molecule has 19 heavy (non-hydrogen) atoms. The maximum atomic E-state index is 4.50. The molecule has 0 aromatic carbocycles. The first-order chi connectivity index (χ1) is 9.33. The van der Waals surface area contributed by atoms with Crippen LogP contribution in [0, 0.1) is 0 Å². The molecule has 1 unspecified atom stereocenters. The van der Waals surface area contributed by atoms with Crippen LogP contribution in [-0.2, 0) is 13.1 Å². The van der Waals surface area contributed by atoms with Crippen molar-refractivity contribution in [3.63, 3.8) is 0 Å². The van der Waals surface area contributed by atoms with Crippen molar-refractivity contribution in [1.82, 2.24) is 19.8 Å². The summed E-state index contributed by atoms with van der Waals surface area (Å²) in [6, 6.07) is 0.672. The number of imidazole rings is 1. The van der Waals surface area contributed by atoms with Gasteiger partial charge in [-0.15, -0.1) is 0 Å². The molecule has 1 saturated heterocycles. The molecule has 1 N–H and O–H groups in total. The quantitative estimate of drug-likeness (QED) is 0.820. The van der Waals surface area contributed by atoms with Crippen LogP contribution in [0.25, 0.3) is 0 Å². The molecule has 0 spiro atoms. The molecule has 1 fully saturated rings. The molecule has 0 amide bonds. The Morgan fingerprint density at radius 3 is 3.00 bits per heavy atom. The van der Waals surface area contributed by atoms with E-state index in [4.69, 9.17) is 0 Å². The van der Waals surface area contributed by atoms with E-state index in [1.165, 1.54) is 38.1 Å². The molecule has 1 atom stereocenters. The molecule has 1 aromatic rings. The molecule has 0 radical (unpaired) electrons. The van der Waals surface area contributed by atoms with Gasteiger partial charge in [0.25, 0.3) is 0 Å². The van der Waals surface area contributed by atoms with Crippen molar-refractivity contribution in [2.24, 2.45) is 0 Å². The van der Waals surface area contributed by atoms with E-state index in [9.17, 15) is 0 Å². The van der Waals surface area contributed by atoms with E-state index in [2.05, 4.69) is 39.8 Å². The lowest BCUT2D eigenvalue weighted by molar-refractivity contribution is 0.211. The van der Waals surface area contributed by atoms with Gasteiger partial charge in [-0.05, 0) is 39.3 Å². The highest BCUT2D eigenvalue weighted by Crippen LogP contribution is 2.11. The van der Waals surface area contributed by atoms with Crippen LogP contribution >= 0.6 is 0 Å². The lowest BCUT2D eigenvalue weighted by atomic mass is 10.0. The molecule has 1 aliphatic rings. The summed E-state index contributed by atoms with van der Waals surface area (Å²) in [5, 5.41) is 3.65. The Labute approximate surface area is 117 Å². The normalized spacial score (nSPS) is 20.1. The zero-order chi connectivity index (χ0) is 13.5. The van der Waals surface area contributed by atoms with Crippen LogP contribution in [0.5, 0.6) is 0 Å². The molecule has 2 rings (SSSR count). The van der Waals surface area contributed by atoms with Gasteiger partial charge >= 0.3 is 0 Å². The third kappa shape index (κ3) is 4.32. The predicted octanol–water partition coefficient (Wildman–Crippen LogP) is 2.26. The topological polar surface area (TPSA) is 33.1 Å². The lowest BCUT2D eigenvalue weighted by Gasteiger charge is -2.30. The van der Waals surface area contributed by atoms with Crippen molar-refractivity contribution in [1.29, 1.82) is 0 Å². The van der Waals surface area contributed by atoms with Gasteiger partial charge in [0.2, 0.25) is 0 Å². The van der Waals surface area contributed by atoms with E-state index in [0.29, 0.717) is 6.04 Å². The molecular weight excluding hydrogens is 236 g/mol. The Balaban J connectivity index is 1.91. The van der Waals surface area contributed by atoms with Gasteiger partial charge in [0, 0.05) is 31.5 Å². The number of nitrogens with one attached hydrogen (secondary N) is 1. The van der Waals surface area contributed by atoms with E-state index in [1.807, 2.05) is 6.20 Å². The van der Waals surface area contributed by atoms with Crippen molar-refractivity contribution in [3.05, 3.63) is 18.2 Å². The number of piperidine rings is 1. The van der Waals surface area contributed by atoms with E-state index in [0.717, 1.165) is 26.2 Å². The molecule has 4 heteroatoms. The highest BCUT2D eigenvalue weighted by atomic mass is 15.2. The van der Waals surface area contributed by atoms with Gasteiger partial charge in [-0.25, -0.2) is 4.98 Å². The maximum Gasteiger partial charge on any atom is 0.122 e. The number of nitrogens with zero attached hydrogens (tertiary/aromatic N) is 3. The minimum atomic E-state index is 0.672. The fraction of sp³-hybridized carbons (Fsp3) is 0.800. The summed E-state index contributed by atoms with van der Waals surface area (Å²) in [4.78, 5) is 7.06. The van der Waals surface area contributed by atoms with Crippen molar-refractivity contribution in [2.75, 3.05) is 19.6 Å². The van der Waals surface area contributed by atoms with E-state index in [1.54, 1.807) is 0 Å². The second-order valence-corrected chi connectivity index (χ2v) is 5.51. The number of aromatic nitrogens is 2. The van der Waals surface area contributed by atoms with Crippen LogP contribution in [0.2, 0.25) is 0 Å². The Morgan fingerprint density at radius 2 is 2.32 bits per heavy atom. The first kappa shape index (κ1) is 14.5. The average Bonchev–Trinajstić information content (AvgIpc) is 2.87. The molecule has 1 aliphatic heterocycles. The molecule has 0 saturated carbocycles. The molecule has 0 bridgehead atoms. The Hall–Kier alpha value is -0.870. The van der Waals surface area contributed by atoms with Crippen LogP contribution < -0.4 is 5.32 Å². The van der Waals surface area contributed by atoms with Crippen LogP contribution in [0.1, 0.15) is 45.4 Å². The highest BCUT2D eigenvalue weighted by Gasteiger charge is 2.17. The van der Waals surface area contributed by atoms with Crippen LogP contribution in [0.3, 0.4) is 0 Å². The summed E-state index contributed by atoms with van der Waals surface area (Å²) in [6.45, 7) is 9.93. The summed E-state index contributed by atoms with van der Waals surface area (Å²) in [7, 11) is 0. The van der Waals surface area contributed by atoms with Crippen molar-refractivity contribution >= 4 is 0 Å². The van der Waals surface area contributed by atoms with Crippen LogP contribution in [-0.4, -0.2) is 40.1 Å². The average molecular weight is 264 g/mol.